The number of allylic oxidation sites excluding steroid dienone is 2. The number of nitrogens with two attached hydrogens (primary N) is 1. The van der Waals surface area contributed by atoms with E-state index in [1.54, 1.807) is 0 Å². The number of amides is 2. The summed E-state index contributed by atoms with van der Waals surface area (Å²) in [5.74, 6) is -0.688. The number of ether oxygens (including phenoxy) is 1. The van der Waals surface area contributed by atoms with E-state index in [-0.39, 0.29) is 41.6 Å². The van der Waals surface area contributed by atoms with Crippen molar-refractivity contribution >= 4 is 69.1 Å². The Hall–Kier alpha value is -2.70. The number of aliphatic hydroxyl groups excluding tert-OH is 2. The van der Waals surface area contributed by atoms with Gasteiger partial charge in [-0.25, -0.2) is 19.3 Å². The second-order valence-electron chi connectivity index (χ2n) is 14.1. The van der Waals surface area contributed by atoms with Crippen LogP contribution in [-0.2, 0) is 50.7 Å². The highest BCUT2D eigenvalue weighted by Crippen LogP contribution is 2.56. The second kappa shape index (κ2) is 22.4. The number of nitrogen functional groups attached to an aromatic ring is 1. The molecule has 2 amide bonds. The fourth-order valence-electron chi connectivity index (χ4n) is 5.24. The molecule has 1 aliphatic heterocycles. The van der Waals surface area contributed by atoms with Crippen LogP contribution in [0.15, 0.2) is 24.8 Å². The third-order valence-electron chi connectivity index (χ3n) is 8.26. The first-order valence-electron chi connectivity index (χ1n) is 18.1. The van der Waals surface area contributed by atoms with Crippen molar-refractivity contribution in [2.75, 3.05) is 37.8 Å². The van der Waals surface area contributed by atoms with Gasteiger partial charge in [-0.1, -0.05) is 51.6 Å². The number of imidazole rings is 1. The van der Waals surface area contributed by atoms with Gasteiger partial charge in [0.25, 0.3) is 15.6 Å². The Labute approximate surface area is 343 Å². The molecule has 1 aliphatic rings. The number of rotatable bonds is 25. The minimum Gasteiger partial charge on any atom is -0.790 e. The fraction of sp³-hybridized carbons (Fsp3) is 0.677. The van der Waals surface area contributed by atoms with Gasteiger partial charge in [-0.3, -0.25) is 28.1 Å². The first-order valence-corrected chi connectivity index (χ1v) is 23.4. The van der Waals surface area contributed by atoms with Crippen molar-refractivity contribution in [2.24, 2.45) is 11.3 Å². The number of nitrogens with zero attached hydrogens (tertiary/aromatic N) is 4. The summed E-state index contributed by atoms with van der Waals surface area (Å²) in [5.41, 5.74) is 4.08. The average molecular weight is 916 g/mol. The molecule has 334 valence electrons. The lowest BCUT2D eigenvalue weighted by molar-refractivity contribution is -0.347. The summed E-state index contributed by atoms with van der Waals surface area (Å²) in [5, 5.41) is 26.3. The molecule has 2 unspecified atom stereocenters. The predicted molar refractivity (Wildman–Crippen MR) is 201 cm³/mol. The van der Waals surface area contributed by atoms with Crippen LogP contribution in [0.5, 0.6) is 0 Å². The molecule has 1 saturated heterocycles. The Bertz CT molecular complexity index is 1910. The normalized spacial score (nSPS) is 21.4. The lowest BCUT2D eigenvalue weighted by Crippen LogP contribution is -2.46. The van der Waals surface area contributed by atoms with E-state index in [9.17, 15) is 57.9 Å². The van der Waals surface area contributed by atoms with Crippen LogP contribution in [0.1, 0.15) is 66.0 Å². The number of aromatic nitrogens is 4. The Morgan fingerprint density at radius 2 is 1.75 bits per heavy atom. The van der Waals surface area contributed by atoms with Crippen LogP contribution in [0.3, 0.4) is 0 Å². The van der Waals surface area contributed by atoms with E-state index in [0.29, 0.717) is 18.1 Å². The summed E-state index contributed by atoms with van der Waals surface area (Å²) in [6.45, 7) is 4.31. The van der Waals surface area contributed by atoms with Gasteiger partial charge < -0.3 is 69.0 Å². The van der Waals surface area contributed by atoms with Crippen molar-refractivity contribution in [1.29, 1.82) is 0 Å². The zero-order chi connectivity index (χ0) is 44.2. The number of phosphoric ester groups is 3. The van der Waals surface area contributed by atoms with E-state index >= 15 is 0 Å². The zero-order valence-corrected chi connectivity index (χ0v) is 36.0. The van der Waals surface area contributed by atoms with Crippen molar-refractivity contribution in [3.63, 3.8) is 0 Å². The van der Waals surface area contributed by atoms with Gasteiger partial charge in [0.1, 0.15) is 36.3 Å². The highest BCUT2D eigenvalue weighted by Gasteiger charge is 2.47. The highest BCUT2D eigenvalue weighted by atomic mass is 32.2. The Kier molecular flexibility index (Phi) is 19.2. The van der Waals surface area contributed by atoms with Crippen molar-refractivity contribution in [3.8, 4) is 0 Å². The molecule has 28 heteroatoms. The predicted octanol–water partition coefficient (Wildman–Crippen LogP) is -1.09. The van der Waals surface area contributed by atoms with E-state index in [1.165, 1.54) is 13.8 Å². The van der Waals surface area contributed by atoms with Crippen molar-refractivity contribution < 1.29 is 80.5 Å². The molecular weight excluding hydrogens is 867 g/mol. The number of thioether (sulfide) groups is 1. The second-order valence-corrected chi connectivity index (χ2v) is 19.3. The van der Waals surface area contributed by atoms with Gasteiger partial charge in [0.05, 0.1) is 27.4 Å². The van der Waals surface area contributed by atoms with Gasteiger partial charge in [0, 0.05) is 37.1 Å². The first-order chi connectivity index (χ1) is 27.4. The molecule has 24 nitrogen and oxygen atoms in total. The average Bonchev–Trinajstić information content (AvgIpc) is 3.69. The van der Waals surface area contributed by atoms with Gasteiger partial charge in [-0.2, -0.15) is 0 Å². The SMILES string of the molecule is CC(C)/C=C/CCCCC(=O)SCCNC(=O)CCNC(=O)[C@H](O)C(C)(C)COP(=O)([O-])OP(=O)([O-])OC[C@H]1O[C@@H](n2cnc3c(N)ncnc32)[C@H](O)[C@@H]1OP(=O)([O-])[O-]. The number of hydrogen-bond donors (Lipinski definition) is 5. The van der Waals surface area contributed by atoms with Gasteiger partial charge in [0.15, 0.2) is 22.8 Å². The lowest BCUT2D eigenvalue weighted by Gasteiger charge is -2.36. The molecule has 2 aromatic rings. The van der Waals surface area contributed by atoms with Crippen LogP contribution >= 0.6 is 35.2 Å². The summed E-state index contributed by atoms with van der Waals surface area (Å²) >= 11 is 1.11. The molecular formula is C31H48N7O17P3S-4. The van der Waals surface area contributed by atoms with E-state index in [4.69, 9.17) is 10.5 Å². The Morgan fingerprint density at radius 1 is 1.05 bits per heavy atom. The fourth-order valence-corrected chi connectivity index (χ4v) is 8.70. The molecule has 1 fully saturated rings. The maximum absolute atomic E-state index is 12.6. The number of anilines is 1. The van der Waals surface area contributed by atoms with E-state index < -0.39 is 84.6 Å². The van der Waals surface area contributed by atoms with Crippen LogP contribution in [0, 0.1) is 11.3 Å². The van der Waals surface area contributed by atoms with Crippen molar-refractivity contribution in [2.45, 2.75) is 90.4 Å². The van der Waals surface area contributed by atoms with Crippen LogP contribution in [-0.4, -0.2) is 103 Å². The minimum absolute atomic E-state index is 0.0205. The summed E-state index contributed by atoms with van der Waals surface area (Å²) in [6, 6.07) is 0. The van der Waals surface area contributed by atoms with E-state index in [2.05, 4.69) is 69.5 Å². The standard InChI is InChI=1S/C31H52N7O17P3S/c1-19(2)9-7-5-6-8-10-22(40)59-14-13-33-21(39)11-12-34-29(43)26(42)31(3,4)16-52-58(49,50)55-57(47,48)51-15-20-25(54-56(44,45)46)24(41)30(53-20)38-18-37-23-27(32)35-17-36-28(23)38/h7,9,17-20,24-26,30,41-42H,5-6,8,10-16H2,1-4H3,(H,33,39)(H,34,43)(H,47,48)(H,49,50)(H2,32,35,36)(H2,44,45,46)/p-4/b9-7+/t20-,24-,25-,26+,30-/m1/s1. The summed E-state index contributed by atoms with van der Waals surface area (Å²) < 4.78 is 60.6. The van der Waals surface area contributed by atoms with Crippen LogP contribution in [0.4, 0.5) is 5.82 Å². The number of aliphatic hydroxyl groups is 2. The minimum atomic E-state index is -5.91. The topological polar surface area (TPSA) is 375 Å². The molecule has 0 bridgehead atoms. The Morgan fingerprint density at radius 3 is 2.42 bits per heavy atom. The molecule has 0 aromatic carbocycles. The first kappa shape index (κ1) is 50.7. The maximum Gasteiger partial charge on any atom is 0.274 e. The molecule has 59 heavy (non-hydrogen) atoms. The number of fused-ring (bicyclic) bond motifs is 1. The molecule has 3 heterocycles. The summed E-state index contributed by atoms with van der Waals surface area (Å²) in [6.07, 6.45) is -0.345. The largest absolute Gasteiger partial charge is 0.790 e. The van der Waals surface area contributed by atoms with Gasteiger partial charge >= 0.3 is 0 Å². The van der Waals surface area contributed by atoms with Crippen LogP contribution in [0.2, 0.25) is 0 Å². The smallest absolute Gasteiger partial charge is 0.274 e. The molecule has 2 aromatic heterocycles. The number of carbonyl (C=O) groups excluding carboxylic acids is 3. The third-order valence-corrected chi connectivity index (χ3v) is 12.2. The van der Waals surface area contributed by atoms with Crippen LogP contribution < -0.4 is 35.9 Å². The zero-order valence-electron chi connectivity index (χ0n) is 32.5. The lowest BCUT2D eigenvalue weighted by atomic mass is 9.87. The molecule has 6 N–H and O–H groups in total. The number of hydrogen-bond acceptors (Lipinski definition) is 22. The van der Waals surface area contributed by atoms with Crippen LogP contribution in [0.25, 0.3) is 11.2 Å². The number of phosphoric acid groups is 3. The molecule has 0 spiro atoms. The molecule has 0 radical (unpaired) electrons. The quantitative estimate of drug-likeness (QED) is 0.0449. The molecule has 7 atom stereocenters. The van der Waals surface area contributed by atoms with Crippen molar-refractivity contribution in [1.82, 2.24) is 30.2 Å². The van der Waals surface area contributed by atoms with Gasteiger partial charge in [0.2, 0.25) is 11.8 Å². The highest BCUT2D eigenvalue weighted by molar-refractivity contribution is 8.13. The van der Waals surface area contributed by atoms with E-state index in [1.807, 2.05) is 0 Å². The maximum atomic E-state index is 12.6. The third kappa shape index (κ3) is 16.9. The van der Waals surface area contributed by atoms with E-state index in [0.717, 1.165) is 48.2 Å². The molecule has 0 aliphatic carbocycles. The number of nitrogens with one attached hydrogen (secondary N) is 2. The molecule has 3 rings (SSSR count). The van der Waals surface area contributed by atoms with Crippen molar-refractivity contribution in [3.05, 3.63) is 24.8 Å². The van der Waals surface area contributed by atoms with Gasteiger partial charge in [-0.05, 0) is 25.2 Å². The summed E-state index contributed by atoms with van der Waals surface area (Å²) in [7, 11) is -17.6. The Balaban J connectivity index is 1.43. The number of unbranched alkanes of at least 4 members (excludes halogenated alkanes) is 2. The number of carbonyl (C=O) groups is 3. The monoisotopic (exact) mass is 915 g/mol. The molecule has 0 saturated carbocycles. The van der Waals surface area contributed by atoms with Gasteiger partial charge in [-0.15, -0.1) is 0 Å². The summed E-state index contributed by atoms with van der Waals surface area (Å²) in [4.78, 5) is 96.2.